The molecule has 1 aromatic rings. The molecule has 1 aliphatic heterocycles. The van der Waals surface area contributed by atoms with Crippen molar-refractivity contribution < 1.29 is 18.7 Å². The maximum Gasteiger partial charge on any atom is 0.407 e. The SMILES string of the molecule is O=C(O)N1Cc2ccc(CCl)cc2C(F)(F)C1. The first-order chi connectivity index (χ1) is 7.94. The van der Waals surface area contributed by atoms with Crippen LogP contribution in [0.5, 0.6) is 0 Å². The van der Waals surface area contributed by atoms with Gasteiger partial charge >= 0.3 is 6.09 Å². The van der Waals surface area contributed by atoms with Crippen molar-refractivity contribution in [3.63, 3.8) is 0 Å². The van der Waals surface area contributed by atoms with Gasteiger partial charge in [0, 0.05) is 18.0 Å². The second-order valence-corrected chi connectivity index (χ2v) is 4.24. The first-order valence-electron chi connectivity index (χ1n) is 4.98. The van der Waals surface area contributed by atoms with Gasteiger partial charge in [0.1, 0.15) is 0 Å². The van der Waals surface area contributed by atoms with Crippen molar-refractivity contribution in [2.45, 2.75) is 18.3 Å². The van der Waals surface area contributed by atoms with Crippen molar-refractivity contribution in [2.24, 2.45) is 0 Å². The molecule has 0 saturated heterocycles. The standard InChI is InChI=1S/C11H10ClF2NO2/c12-4-7-1-2-8-5-15(10(16)17)6-11(13,14)9(8)3-7/h1-3H,4-6H2,(H,16,17). The lowest BCUT2D eigenvalue weighted by molar-refractivity contribution is -0.0463. The van der Waals surface area contributed by atoms with Crippen molar-refractivity contribution in [1.82, 2.24) is 4.90 Å². The fourth-order valence-electron chi connectivity index (χ4n) is 1.91. The van der Waals surface area contributed by atoms with Crippen molar-refractivity contribution in [3.05, 3.63) is 34.9 Å². The van der Waals surface area contributed by atoms with Gasteiger partial charge in [-0.15, -0.1) is 11.6 Å². The average molecular weight is 262 g/mol. The van der Waals surface area contributed by atoms with E-state index in [4.69, 9.17) is 16.7 Å². The summed E-state index contributed by atoms with van der Waals surface area (Å²) in [5.41, 5.74) is 0.819. The Bertz CT molecular complexity index is 465. The van der Waals surface area contributed by atoms with E-state index in [0.717, 1.165) is 0 Å². The molecule has 1 heterocycles. The summed E-state index contributed by atoms with van der Waals surface area (Å²) < 4.78 is 27.6. The van der Waals surface area contributed by atoms with E-state index in [1.165, 1.54) is 12.1 Å². The Labute approximate surface area is 102 Å². The second kappa shape index (κ2) is 4.14. The molecule has 1 amide bonds. The van der Waals surface area contributed by atoms with Gasteiger partial charge in [-0.1, -0.05) is 12.1 Å². The number of nitrogens with zero attached hydrogens (tertiary/aromatic N) is 1. The highest BCUT2D eigenvalue weighted by Crippen LogP contribution is 2.37. The molecule has 0 spiro atoms. The lowest BCUT2D eigenvalue weighted by Crippen LogP contribution is -2.43. The zero-order valence-corrected chi connectivity index (χ0v) is 9.55. The van der Waals surface area contributed by atoms with Crippen molar-refractivity contribution >= 4 is 17.7 Å². The summed E-state index contributed by atoms with van der Waals surface area (Å²) >= 11 is 5.59. The predicted molar refractivity (Wildman–Crippen MR) is 58.3 cm³/mol. The van der Waals surface area contributed by atoms with Crippen LogP contribution in [-0.4, -0.2) is 22.6 Å². The summed E-state index contributed by atoms with van der Waals surface area (Å²) in [6.45, 7) is -0.816. The first-order valence-corrected chi connectivity index (χ1v) is 5.51. The number of carboxylic acid groups (broad SMARTS) is 1. The molecule has 0 radical (unpaired) electrons. The predicted octanol–water partition coefficient (Wildman–Crippen LogP) is 3.01. The highest BCUT2D eigenvalue weighted by molar-refractivity contribution is 6.17. The molecule has 3 nitrogen and oxygen atoms in total. The summed E-state index contributed by atoms with van der Waals surface area (Å²) in [7, 11) is 0. The van der Waals surface area contributed by atoms with Gasteiger partial charge in [-0.25, -0.2) is 4.79 Å². The van der Waals surface area contributed by atoms with Crippen LogP contribution in [0, 0.1) is 0 Å². The second-order valence-electron chi connectivity index (χ2n) is 3.97. The Balaban J connectivity index is 2.45. The number of hydrogen-bond acceptors (Lipinski definition) is 1. The van der Waals surface area contributed by atoms with Crippen molar-refractivity contribution in [3.8, 4) is 0 Å². The normalized spacial score (nSPS) is 17.7. The van der Waals surface area contributed by atoms with Gasteiger partial charge < -0.3 is 5.11 Å². The Morgan fingerprint density at radius 2 is 2.24 bits per heavy atom. The fraction of sp³-hybridized carbons (Fsp3) is 0.364. The van der Waals surface area contributed by atoms with E-state index in [1.54, 1.807) is 6.07 Å². The summed E-state index contributed by atoms with van der Waals surface area (Å²) in [6.07, 6.45) is -1.34. The number of halogens is 3. The zero-order valence-electron chi connectivity index (χ0n) is 8.79. The minimum atomic E-state index is -3.16. The summed E-state index contributed by atoms with van der Waals surface area (Å²) in [5.74, 6) is -3.00. The number of benzene rings is 1. The number of carbonyl (C=O) groups is 1. The fourth-order valence-corrected chi connectivity index (χ4v) is 2.07. The maximum absolute atomic E-state index is 13.8. The van der Waals surface area contributed by atoms with Crippen LogP contribution in [0.4, 0.5) is 13.6 Å². The van der Waals surface area contributed by atoms with Gasteiger partial charge in [0.2, 0.25) is 0 Å². The molecule has 0 bridgehead atoms. The Morgan fingerprint density at radius 1 is 1.53 bits per heavy atom. The quantitative estimate of drug-likeness (QED) is 0.790. The van der Waals surface area contributed by atoms with E-state index in [2.05, 4.69) is 0 Å². The van der Waals surface area contributed by atoms with Crippen LogP contribution in [0.15, 0.2) is 18.2 Å². The van der Waals surface area contributed by atoms with Gasteiger partial charge in [0.25, 0.3) is 5.92 Å². The van der Waals surface area contributed by atoms with Crippen LogP contribution in [0.3, 0.4) is 0 Å². The minimum absolute atomic E-state index is 0.0111. The van der Waals surface area contributed by atoms with E-state index in [0.29, 0.717) is 16.0 Å². The number of hydrogen-bond donors (Lipinski definition) is 1. The highest BCUT2D eigenvalue weighted by Gasteiger charge is 2.41. The molecule has 0 aliphatic carbocycles. The molecule has 1 aliphatic rings. The molecule has 2 rings (SSSR count). The third-order valence-corrected chi connectivity index (χ3v) is 3.05. The topological polar surface area (TPSA) is 40.5 Å². The first kappa shape index (κ1) is 12.1. The van der Waals surface area contributed by atoms with Crippen LogP contribution in [0.25, 0.3) is 0 Å². The average Bonchev–Trinajstić information content (AvgIpc) is 2.27. The van der Waals surface area contributed by atoms with Crippen LogP contribution < -0.4 is 0 Å². The molecule has 17 heavy (non-hydrogen) atoms. The molecule has 1 aromatic carbocycles. The Kier molecular flexibility index (Phi) is 2.95. The molecule has 1 N–H and O–H groups in total. The number of alkyl halides is 3. The molecule has 0 saturated carbocycles. The molecule has 0 atom stereocenters. The third-order valence-electron chi connectivity index (χ3n) is 2.74. The lowest BCUT2D eigenvalue weighted by Gasteiger charge is -2.32. The van der Waals surface area contributed by atoms with Crippen LogP contribution >= 0.6 is 11.6 Å². The van der Waals surface area contributed by atoms with Crippen LogP contribution in [0.1, 0.15) is 16.7 Å². The molecule has 0 aromatic heterocycles. The molecule has 0 unspecified atom stereocenters. The van der Waals surface area contributed by atoms with E-state index < -0.39 is 18.6 Å². The van der Waals surface area contributed by atoms with Crippen LogP contribution in [-0.2, 0) is 18.3 Å². The summed E-state index contributed by atoms with van der Waals surface area (Å²) in [4.78, 5) is 11.5. The van der Waals surface area contributed by atoms with Gasteiger partial charge in [-0.2, -0.15) is 8.78 Å². The van der Waals surface area contributed by atoms with Crippen molar-refractivity contribution in [1.29, 1.82) is 0 Å². The lowest BCUT2D eigenvalue weighted by atomic mass is 9.95. The van der Waals surface area contributed by atoms with E-state index in [1.807, 2.05) is 0 Å². The molecule has 0 fully saturated rings. The van der Waals surface area contributed by atoms with E-state index in [9.17, 15) is 13.6 Å². The van der Waals surface area contributed by atoms with Crippen molar-refractivity contribution in [2.75, 3.05) is 6.54 Å². The minimum Gasteiger partial charge on any atom is -0.465 e. The molecule has 6 heteroatoms. The Morgan fingerprint density at radius 3 is 2.82 bits per heavy atom. The van der Waals surface area contributed by atoms with Gasteiger partial charge in [-0.05, 0) is 17.2 Å². The molecular formula is C11H10ClF2NO2. The van der Waals surface area contributed by atoms with Gasteiger partial charge in [0.15, 0.2) is 0 Å². The number of amides is 1. The van der Waals surface area contributed by atoms with Gasteiger partial charge in [-0.3, -0.25) is 4.90 Å². The summed E-state index contributed by atoms with van der Waals surface area (Å²) in [6, 6.07) is 4.49. The summed E-state index contributed by atoms with van der Waals surface area (Å²) in [5, 5.41) is 8.77. The maximum atomic E-state index is 13.8. The smallest absolute Gasteiger partial charge is 0.407 e. The Hall–Kier alpha value is -1.36. The van der Waals surface area contributed by atoms with E-state index >= 15 is 0 Å². The zero-order chi connectivity index (χ0) is 12.6. The largest absolute Gasteiger partial charge is 0.465 e. The highest BCUT2D eigenvalue weighted by atomic mass is 35.5. The number of rotatable bonds is 1. The van der Waals surface area contributed by atoms with E-state index in [-0.39, 0.29) is 18.0 Å². The molecule has 92 valence electrons. The number of fused-ring (bicyclic) bond motifs is 1. The third kappa shape index (κ3) is 2.20. The molecular weight excluding hydrogens is 252 g/mol. The monoisotopic (exact) mass is 261 g/mol. The van der Waals surface area contributed by atoms with Gasteiger partial charge in [0.05, 0.1) is 6.54 Å². The van der Waals surface area contributed by atoms with Crippen LogP contribution in [0.2, 0.25) is 0 Å².